The lowest BCUT2D eigenvalue weighted by molar-refractivity contribution is -0.133. The minimum absolute atomic E-state index is 0.0190. The number of benzene rings is 1. The van der Waals surface area contributed by atoms with Crippen LogP contribution in [0.15, 0.2) is 24.3 Å². The van der Waals surface area contributed by atoms with Crippen LogP contribution in [0.3, 0.4) is 0 Å². The lowest BCUT2D eigenvalue weighted by Crippen LogP contribution is -2.51. The maximum absolute atomic E-state index is 12.9. The Morgan fingerprint density at radius 2 is 1.87 bits per heavy atom. The molecule has 1 N–H and O–H groups in total. The lowest BCUT2D eigenvalue weighted by Gasteiger charge is -2.45. The van der Waals surface area contributed by atoms with Crippen LogP contribution in [0.2, 0.25) is 0 Å². The summed E-state index contributed by atoms with van der Waals surface area (Å²) in [5, 5.41) is 2.67. The first-order chi connectivity index (χ1) is 15.0. The van der Waals surface area contributed by atoms with E-state index in [1.54, 1.807) is 36.3 Å². The zero-order chi connectivity index (χ0) is 22.0. The van der Waals surface area contributed by atoms with Crippen LogP contribution >= 0.6 is 0 Å². The molecule has 0 bridgehead atoms. The molecule has 0 spiro atoms. The number of methoxy groups -OCH3 is 1. The molecular weight excluding hydrogens is 396 g/mol. The molecule has 4 amide bonds. The second kappa shape index (κ2) is 9.26. The number of nitrogens with zero attached hydrogens (tertiary/aromatic N) is 3. The number of rotatable bonds is 6. The highest BCUT2D eigenvalue weighted by Gasteiger charge is 2.41. The Labute approximate surface area is 183 Å². The first kappa shape index (κ1) is 21.6. The van der Waals surface area contributed by atoms with E-state index in [1.165, 1.54) is 38.8 Å². The van der Waals surface area contributed by atoms with Crippen molar-refractivity contribution in [2.75, 3.05) is 38.7 Å². The predicted molar refractivity (Wildman–Crippen MR) is 117 cm³/mol. The third-order valence-electron chi connectivity index (χ3n) is 6.89. The van der Waals surface area contributed by atoms with Gasteiger partial charge in [-0.3, -0.25) is 9.59 Å². The molecular formula is C23H32N4O4. The van der Waals surface area contributed by atoms with Crippen molar-refractivity contribution < 1.29 is 19.1 Å². The number of ether oxygens (including phenoxy) is 1. The maximum atomic E-state index is 12.9. The third kappa shape index (κ3) is 4.54. The van der Waals surface area contributed by atoms with E-state index in [4.69, 9.17) is 4.74 Å². The molecule has 1 aromatic carbocycles. The molecule has 1 aromatic rings. The van der Waals surface area contributed by atoms with Crippen LogP contribution in [0.4, 0.5) is 10.5 Å². The summed E-state index contributed by atoms with van der Waals surface area (Å²) in [4.78, 5) is 43.6. The fourth-order valence-corrected chi connectivity index (χ4v) is 5.22. The average Bonchev–Trinajstić information content (AvgIpc) is 3.06. The molecule has 4 rings (SSSR count). The number of urea groups is 1. The third-order valence-corrected chi connectivity index (χ3v) is 6.89. The molecule has 8 nitrogen and oxygen atoms in total. The quantitative estimate of drug-likeness (QED) is 0.703. The molecule has 3 atom stereocenters. The number of fused-ring (bicyclic) bond motifs is 1. The van der Waals surface area contributed by atoms with Crippen molar-refractivity contribution in [2.24, 2.45) is 5.92 Å². The van der Waals surface area contributed by atoms with Gasteiger partial charge in [0.15, 0.2) is 0 Å². The first-order valence-corrected chi connectivity index (χ1v) is 11.2. The molecule has 0 saturated carbocycles. The molecule has 0 radical (unpaired) electrons. The molecule has 168 valence electrons. The van der Waals surface area contributed by atoms with Crippen molar-refractivity contribution >= 4 is 23.5 Å². The van der Waals surface area contributed by atoms with Gasteiger partial charge in [-0.15, -0.1) is 0 Å². The van der Waals surface area contributed by atoms with Crippen LogP contribution in [0.5, 0.6) is 5.75 Å². The summed E-state index contributed by atoms with van der Waals surface area (Å²) in [6.45, 7) is 3.04. The monoisotopic (exact) mass is 428 g/mol. The van der Waals surface area contributed by atoms with Gasteiger partial charge in [0.2, 0.25) is 5.91 Å². The van der Waals surface area contributed by atoms with Gasteiger partial charge >= 0.3 is 6.03 Å². The minimum Gasteiger partial charge on any atom is -0.497 e. The maximum Gasteiger partial charge on any atom is 0.329 e. The van der Waals surface area contributed by atoms with E-state index < -0.39 is 18.0 Å². The topological polar surface area (TPSA) is 82.2 Å². The highest BCUT2D eigenvalue weighted by molar-refractivity contribution is 6.22. The highest BCUT2D eigenvalue weighted by Crippen LogP contribution is 2.31. The number of carbonyl (C=O) groups excluding carboxylic acids is 3. The number of imide groups is 1. The standard InChI is InChI=1S/C23H32N4O4/c1-25(15-16-6-5-13-26-12-4-3-7-20(16)26)21(28)14-19-22(29)27(23(30)24-19)17-8-10-18(31-2)11-9-17/h8-11,16,19-20H,3-7,12-15H2,1-2H3,(H,24,30)/t16-,19+,20-/m0/s1. The van der Waals surface area contributed by atoms with Gasteiger partial charge in [0.25, 0.3) is 5.91 Å². The van der Waals surface area contributed by atoms with E-state index in [-0.39, 0.29) is 12.3 Å². The summed E-state index contributed by atoms with van der Waals surface area (Å²) >= 11 is 0. The zero-order valence-electron chi connectivity index (χ0n) is 18.4. The van der Waals surface area contributed by atoms with Crippen molar-refractivity contribution in [3.63, 3.8) is 0 Å². The van der Waals surface area contributed by atoms with Gasteiger partial charge in [0.05, 0.1) is 19.2 Å². The minimum atomic E-state index is -0.831. The number of nitrogens with one attached hydrogen (secondary N) is 1. The SMILES string of the molecule is COc1ccc(N2C(=O)N[C@H](CC(=O)N(C)C[C@@H]3CCCN4CCCC[C@@H]34)C2=O)cc1. The van der Waals surface area contributed by atoms with E-state index in [1.807, 2.05) is 7.05 Å². The van der Waals surface area contributed by atoms with Crippen molar-refractivity contribution in [3.8, 4) is 5.75 Å². The Bertz CT molecular complexity index is 825. The number of amides is 4. The van der Waals surface area contributed by atoms with Gasteiger partial charge in [-0.25, -0.2) is 9.69 Å². The van der Waals surface area contributed by atoms with Gasteiger partial charge in [0.1, 0.15) is 11.8 Å². The number of carbonyl (C=O) groups is 3. The molecule has 3 aliphatic heterocycles. The lowest BCUT2D eigenvalue weighted by atomic mass is 9.83. The summed E-state index contributed by atoms with van der Waals surface area (Å²) in [6.07, 6.45) is 6.04. The van der Waals surface area contributed by atoms with E-state index >= 15 is 0 Å². The van der Waals surface area contributed by atoms with E-state index in [9.17, 15) is 14.4 Å². The smallest absolute Gasteiger partial charge is 0.329 e. The Kier molecular flexibility index (Phi) is 6.46. The molecule has 0 aromatic heterocycles. The van der Waals surface area contributed by atoms with Crippen molar-refractivity contribution in [1.29, 1.82) is 0 Å². The van der Waals surface area contributed by atoms with Gasteiger partial charge in [-0.1, -0.05) is 6.42 Å². The molecule has 3 heterocycles. The summed E-state index contributed by atoms with van der Waals surface area (Å²) in [5.41, 5.74) is 0.464. The van der Waals surface area contributed by atoms with Crippen molar-refractivity contribution in [1.82, 2.24) is 15.1 Å². The Morgan fingerprint density at radius 1 is 1.13 bits per heavy atom. The highest BCUT2D eigenvalue weighted by atomic mass is 16.5. The average molecular weight is 429 g/mol. The van der Waals surface area contributed by atoms with Gasteiger partial charge in [0, 0.05) is 19.6 Å². The Morgan fingerprint density at radius 3 is 2.61 bits per heavy atom. The molecule has 3 saturated heterocycles. The number of hydrogen-bond donors (Lipinski definition) is 1. The molecule has 3 fully saturated rings. The summed E-state index contributed by atoms with van der Waals surface area (Å²) in [5.74, 6) is 0.618. The molecule has 0 aliphatic carbocycles. The second-order valence-electron chi connectivity index (χ2n) is 8.85. The number of anilines is 1. The van der Waals surface area contributed by atoms with Crippen LogP contribution in [0.25, 0.3) is 0 Å². The normalized spacial score (nSPS) is 26.4. The molecule has 3 aliphatic rings. The molecule has 0 unspecified atom stereocenters. The van der Waals surface area contributed by atoms with Gasteiger partial charge < -0.3 is 19.9 Å². The van der Waals surface area contributed by atoms with E-state index in [0.29, 0.717) is 29.9 Å². The van der Waals surface area contributed by atoms with Crippen LogP contribution in [-0.4, -0.2) is 73.5 Å². The first-order valence-electron chi connectivity index (χ1n) is 11.2. The zero-order valence-corrected chi connectivity index (χ0v) is 18.4. The summed E-state index contributed by atoms with van der Waals surface area (Å²) < 4.78 is 5.12. The summed E-state index contributed by atoms with van der Waals surface area (Å²) in [6, 6.07) is 5.94. The van der Waals surface area contributed by atoms with Crippen LogP contribution in [0, 0.1) is 5.92 Å². The van der Waals surface area contributed by atoms with Gasteiger partial charge in [-0.2, -0.15) is 0 Å². The van der Waals surface area contributed by atoms with Crippen LogP contribution in [0.1, 0.15) is 38.5 Å². The number of hydrogen-bond acceptors (Lipinski definition) is 5. The molecule has 31 heavy (non-hydrogen) atoms. The summed E-state index contributed by atoms with van der Waals surface area (Å²) in [7, 11) is 3.37. The van der Waals surface area contributed by atoms with Crippen molar-refractivity contribution in [3.05, 3.63) is 24.3 Å². The van der Waals surface area contributed by atoms with Crippen LogP contribution < -0.4 is 15.0 Å². The number of piperidine rings is 2. The van der Waals surface area contributed by atoms with Crippen molar-refractivity contribution in [2.45, 2.75) is 50.6 Å². The van der Waals surface area contributed by atoms with E-state index in [0.717, 1.165) is 11.3 Å². The molecule has 8 heteroatoms. The fraction of sp³-hybridized carbons (Fsp3) is 0.609. The van der Waals surface area contributed by atoms with Crippen LogP contribution in [-0.2, 0) is 9.59 Å². The largest absolute Gasteiger partial charge is 0.497 e. The Hall–Kier alpha value is -2.61. The second-order valence-corrected chi connectivity index (χ2v) is 8.85. The fourth-order valence-electron chi connectivity index (χ4n) is 5.22. The van der Waals surface area contributed by atoms with E-state index in [2.05, 4.69) is 10.2 Å². The Balaban J connectivity index is 1.35. The predicted octanol–water partition coefficient (Wildman–Crippen LogP) is 2.23. The van der Waals surface area contributed by atoms with Gasteiger partial charge in [-0.05, 0) is 69.0 Å².